The number of hydrogen-bond donors (Lipinski definition) is 0. The fourth-order valence-electron chi connectivity index (χ4n) is 10.2. The molecule has 4 aliphatic rings. The Bertz CT molecular complexity index is 3120. The molecule has 0 radical (unpaired) electrons. The summed E-state index contributed by atoms with van der Waals surface area (Å²) in [7, 11) is 0. The fraction of sp³-hybridized carbons (Fsp3) is 0.143. The topological polar surface area (TPSA) is 3.24 Å². The van der Waals surface area contributed by atoms with Gasteiger partial charge in [0.15, 0.2) is 0 Å². The van der Waals surface area contributed by atoms with Gasteiger partial charge < -0.3 is 4.90 Å². The van der Waals surface area contributed by atoms with Crippen LogP contribution in [0.3, 0.4) is 0 Å². The Morgan fingerprint density at radius 1 is 0.391 bits per heavy atom. The molecule has 0 N–H and O–H groups in total. The highest BCUT2D eigenvalue weighted by Crippen LogP contribution is 2.50. The molecular weight excluding hydrogens is 771 g/mol. The van der Waals surface area contributed by atoms with Gasteiger partial charge in [-0.1, -0.05) is 205 Å². The largest absolute Gasteiger partial charge is 0.311 e. The van der Waals surface area contributed by atoms with Crippen molar-refractivity contribution in [1.82, 2.24) is 0 Å². The zero-order valence-corrected chi connectivity index (χ0v) is 37.2. The normalized spacial score (nSPS) is 17.1. The summed E-state index contributed by atoms with van der Waals surface area (Å²) in [4.78, 5) is 2.42. The molecule has 2 atom stereocenters. The van der Waals surface area contributed by atoms with Gasteiger partial charge >= 0.3 is 0 Å². The molecular formula is C63H55N. The predicted octanol–water partition coefficient (Wildman–Crippen LogP) is 17.2. The molecule has 1 nitrogen and oxygen atoms in total. The van der Waals surface area contributed by atoms with Crippen LogP contribution in [0.25, 0.3) is 43.4 Å². The molecule has 0 aliphatic heterocycles. The molecule has 12 rings (SSSR count). The van der Waals surface area contributed by atoms with Gasteiger partial charge in [-0.25, -0.2) is 0 Å². The Kier molecular flexibility index (Phi) is 11.6. The van der Waals surface area contributed by atoms with Crippen LogP contribution in [0, 0.1) is 32.6 Å². The van der Waals surface area contributed by atoms with Crippen molar-refractivity contribution in [3.05, 3.63) is 263 Å². The number of fused-ring (bicyclic) bond motifs is 10. The van der Waals surface area contributed by atoms with Gasteiger partial charge in [-0.05, 0) is 143 Å². The number of para-hydroxylation sites is 1. The maximum absolute atomic E-state index is 2.53. The average molecular weight is 826 g/mol. The van der Waals surface area contributed by atoms with Gasteiger partial charge in [0.25, 0.3) is 0 Å². The molecule has 8 aromatic carbocycles. The zero-order chi connectivity index (χ0) is 43.4. The standard InChI is InChI=1S/C37H33N.C19H14.C7H8/c1-26-15-17-27(18-16-26)28-19-21-30(22-20-28)38(29-9-3-2-4-10-29)31-23-24-36-34-13-6-5-11-32(34)33-12-7-8-14-35(33)37(36)25-31;1-13-10-11-18-16-8-3-2-6-14(16)15-7-4-5-9-17(15)19(18)12-13;1-7-5-3-2-4-6-7/h2-4,6,8-10,13-25,36-37H,5,7,11-12H2,1H3;2-12H,1H3;2-6H,1H3. The first kappa shape index (κ1) is 40.8. The molecule has 0 amide bonds. The molecule has 0 spiro atoms. The Labute approximate surface area is 379 Å². The van der Waals surface area contributed by atoms with Crippen LogP contribution in [-0.2, 0) is 0 Å². The highest BCUT2D eigenvalue weighted by Gasteiger charge is 2.36. The first-order chi connectivity index (χ1) is 31.5. The third-order valence-electron chi connectivity index (χ3n) is 13.3. The number of allylic oxidation sites excluding steroid dienone is 11. The van der Waals surface area contributed by atoms with Crippen molar-refractivity contribution in [1.29, 1.82) is 0 Å². The SMILES string of the molecule is Cc1ccc(-c2ccc(N(C3=CC4C5=C(CCC=C5)C5=C(C=CCC5)C4C=C3)c3ccccc3)cc2)cc1.Cc1ccc2c3ccccc3c3ccccc3c2c1.Cc1ccccc1. The van der Waals surface area contributed by atoms with Gasteiger partial charge in [0.05, 0.1) is 0 Å². The summed E-state index contributed by atoms with van der Waals surface area (Å²) < 4.78 is 0. The van der Waals surface area contributed by atoms with Crippen LogP contribution in [0.15, 0.2) is 246 Å². The Balaban J connectivity index is 0.000000153. The average Bonchev–Trinajstić information content (AvgIpc) is 3.36. The van der Waals surface area contributed by atoms with Crippen molar-refractivity contribution >= 4 is 43.7 Å². The molecule has 4 aliphatic carbocycles. The van der Waals surface area contributed by atoms with Crippen molar-refractivity contribution in [3.63, 3.8) is 0 Å². The van der Waals surface area contributed by atoms with Gasteiger partial charge in [0, 0.05) is 28.9 Å². The second kappa shape index (κ2) is 18.2. The van der Waals surface area contributed by atoms with E-state index in [2.05, 4.69) is 226 Å². The summed E-state index contributed by atoms with van der Waals surface area (Å²) in [6.07, 6.45) is 21.6. The van der Waals surface area contributed by atoms with Crippen LogP contribution in [0.4, 0.5) is 11.4 Å². The summed E-state index contributed by atoms with van der Waals surface area (Å²) in [6, 6.07) is 63.0. The van der Waals surface area contributed by atoms with E-state index < -0.39 is 0 Å². The minimum atomic E-state index is 0.376. The monoisotopic (exact) mass is 825 g/mol. The highest BCUT2D eigenvalue weighted by molar-refractivity contribution is 6.25. The Hall–Kier alpha value is -7.22. The number of rotatable bonds is 4. The lowest BCUT2D eigenvalue weighted by Crippen LogP contribution is -2.28. The number of hydrogen-bond acceptors (Lipinski definition) is 1. The molecule has 2 unspecified atom stereocenters. The van der Waals surface area contributed by atoms with E-state index in [1.54, 1.807) is 22.3 Å². The molecule has 0 fully saturated rings. The third-order valence-corrected chi connectivity index (χ3v) is 13.3. The van der Waals surface area contributed by atoms with Crippen molar-refractivity contribution in [2.45, 2.75) is 46.5 Å². The van der Waals surface area contributed by atoms with Crippen LogP contribution in [0.5, 0.6) is 0 Å². The number of benzene rings is 8. The van der Waals surface area contributed by atoms with Gasteiger partial charge in [0.1, 0.15) is 0 Å². The molecule has 0 aromatic heterocycles. The summed E-state index contributed by atoms with van der Waals surface area (Å²) in [5.74, 6) is 0.800. The highest BCUT2D eigenvalue weighted by atomic mass is 15.1. The van der Waals surface area contributed by atoms with E-state index in [1.165, 1.54) is 96.5 Å². The van der Waals surface area contributed by atoms with Crippen LogP contribution >= 0.6 is 0 Å². The Morgan fingerprint density at radius 3 is 1.41 bits per heavy atom. The summed E-state index contributed by atoms with van der Waals surface area (Å²) in [5.41, 5.74) is 16.4. The van der Waals surface area contributed by atoms with Gasteiger partial charge in [0.2, 0.25) is 0 Å². The molecule has 1 heteroatoms. The minimum absolute atomic E-state index is 0.376. The summed E-state index contributed by atoms with van der Waals surface area (Å²) in [6.45, 7) is 6.38. The molecule has 0 saturated carbocycles. The minimum Gasteiger partial charge on any atom is -0.311 e. The second-order valence-corrected chi connectivity index (χ2v) is 17.6. The smallest absolute Gasteiger partial charge is 0.0461 e. The third kappa shape index (κ3) is 8.23. The second-order valence-electron chi connectivity index (χ2n) is 17.6. The molecule has 0 saturated heterocycles. The lowest BCUT2D eigenvalue weighted by molar-refractivity contribution is 0.575. The first-order valence-corrected chi connectivity index (χ1v) is 23.0. The maximum Gasteiger partial charge on any atom is 0.0461 e. The lowest BCUT2D eigenvalue weighted by atomic mass is 9.66. The zero-order valence-electron chi connectivity index (χ0n) is 37.2. The fourth-order valence-corrected chi connectivity index (χ4v) is 10.2. The number of nitrogens with zero attached hydrogens (tertiary/aromatic N) is 1. The predicted molar refractivity (Wildman–Crippen MR) is 275 cm³/mol. The number of aryl methyl sites for hydroxylation is 3. The molecule has 8 aromatic rings. The maximum atomic E-state index is 2.53. The van der Waals surface area contributed by atoms with E-state index in [1.807, 2.05) is 18.2 Å². The van der Waals surface area contributed by atoms with Crippen molar-refractivity contribution in [2.24, 2.45) is 11.8 Å². The summed E-state index contributed by atoms with van der Waals surface area (Å²) >= 11 is 0. The van der Waals surface area contributed by atoms with E-state index in [9.17, 15) is 0 Å². The molecule has 0 bridgehead atoms. The van der Waals surface area contributed by atoms with Gasteiger partial charge in [-0.2, -0.15) is 0 Å². The van der Waals surface area contributed by atoms with Gasteiger partial charge in [-0.15, -0.1) is 0 Å². The van der Waals surface area contributed by atoms with Gasteiger partial charge in [-0.3, -0.25) is 0 Å². The lowest BCUT2D eigenvalue weighted by Gasteiger charge is -2.40. The van der Waals surface area contributed by atoms with E-state index in [0.29, 0.717) is 11.8 Å². The van der Waals surface area contributed by atoms with Crippen molar-refractivity contribution in [2.75, 3.05) is 4.90 Å². The van der Waals surface area contributed by atoms with E-state index in [0.717, 1.165) is 6.42 Å². The summed E-state index contributed by atoms with van der Waals surface area (Å²) in [5, 5.41) is 8.08. The van der Waals surface area contributed by atoms with E-state index >= 15 is 0 Å². The molecule has 0 heterocycles. The number of anilines is 2. The van der Waals surface area contributed by atoms with E-state index in [-0.39, 0.29) is 0 Å². The molecule has 64 heavy (non-hydrogen) atoms. The molecule has 312 valence electrons. The van der Waals surface area contributed by atoms with Crippen molar-refractivity contribution < 1.29 is 0 Å². The van der Waals surface area contributed by atoms with Crippen LogP contribution in [-0.4, -0.2) is 0 Å². The van der Waals surface area contributed by atoms with Crippen LogP contribution in [0.2, 0.25) is 0 Å². The van der Waals surface area contributed by atoms with Crippen LogP contribution in [0.1, 0.15) is 42.4 Å². The Morgan fingerprint density at radius 2 is 0.844 bits per heavy atom. The quantitative estimate of drug-likeness (QED) is 0.160. The van der Waals surface area contributed by atoms with Crippen LogP contribution < -0.4 is 4.90 Å². The van der Waals surface area contributed by atoms with Crippen molar-refractivity contribution in [3.8, 4) is 11.1 Å². The van der Waals surface area contributed by atoms with E-state index in [4.69, 9.17) is 0 Å². The first-order valence-electron chi connectivity index (χ1n) is 23.0.